The molecule has 0 saturated heterocycles. The predicted molar refractivity (Wildman–Crippen MR) is 255 cm³/mol. The number of aliphatic hydroxyl groups is 1. The molecule has 2 aliphatic heterocycles. The summed E-state index contributed by atoms with van der Waals surface area (Å²) in [6, 6.07) is 9.10. The van der Waals surface area contributed by atoms with Crippen molar-refractivity contribution in [2.45, 2.75) is 198 Å². The zero-order valence-corrected chi connectivity index (χ0v) is 44.3. The third-order valence-electron chi connectivity index (χ3n) is 18.9. The standard InChI is InChI=1S/C50H77F2N3O9Si2/c1-31(28-37(56)50(51,52)45(8,9)62-40(58)39(57)61-12)34-22-23-35-46(34,10)25-24-36-47(11)38(64-66(15,16)44(5,6)7)29-33(63-65(13,14)43(2,3)4)30-48(47)26-27-49(35,36)55-42(60)53(41(59)54(48)55)32-20-18-17-19-21-32/h17-21,26-27,31,33-38,56H,22-25,28-30H2,1-16H3/t31-,33+,34-,35-,36-,37?,38+,46-,47+,48-,49+/m1/s1. The number of rotatable bonds is 11. The first-order chi connectivity index (χ1) is 30.1. The van der Waals surface area contributed by atoms with Gasteiger partial charge in [0.1, 0.15) is 6.10 Å². The van der Waals surface area contributed by atoms with Crippen LogP contribution in [0.2, 0.25) is 36.3 Å². The first-order valence-electron chi connectivity index (χ1n) is 24.1. The average molecular weight is 958 g/mol. The van der Waals surface area contributed by atoms with E-state index in [1.54, 1.807) is 12.1 Å². The van der Waals surface area contributed by atoms with Gasteiger partial charge in [0, 0.05) is 11.8 Å². The summed E-state index contributed by atoms with van der Waals surface area (Å²) in [5.74, 6) is -7.84. The molecule has 1 N–H and O–H groups in total. The van der Waals surface area contributed by atoms with Gasteiger partial charge in [-0.25, -0.2) is 33.1 Å². The first kappa shape index (κ1) is 50.7. The summed E-state index contributed by atoms with van der Waals surface area (Å²) in [6.45, 7) is 30.9. The van der Waals surface area contributed by atoms with Crippen LogP contribution < -0.4 is 11.4 Å². The normalized spacial score (nSPS) is 33.0. The van der Waals surface area contributed by atoms with Crippen LogP contribution >= 0.6 is 0 Å². The molecule has 4 aliphatic carbocycles. The Morgan fingerprint density at radius 3 is 1.98 bits per heavy atom. The van der Waals surface area contributed by atoms with E-state index in [4.69, 9.17) is 13.6 Å². The van der Waals surface area contributed by atoms with E-state index in [9.17, 15) is 14.7 Å². The van der Waals surface area contributed by atoms with Gasteiger partial charge in [-0.3, -0.25) is 0 Å². The first-order valence-corrected chi connectivity index (χ1v) is 29.9. The number of nitrogens with zero attached hydrogens (tertiary/aromatic N) is 3. The summed E-state index contributed by atoms with van der Waals surface area (Å²) in [6.07, 6.45) is 5.27. The zero-order chi connectivity index (χ0) is 49.4. The highest BCUT2D eigenvalue weighted by Crippen LogP contribution is 2.75. The molecule has 16 heteroatoms. The van der Waals surface area contributed by atoms with Crippen molar-refractivity contribution in [2.75, 3.05) is 7.11 Å². The molecule has 11 atom stereocenters. The lowest BCUT2D eigenvalue weighted by atomic mass is 9.40. The third kappa shape index (κ3) is 7.12. The minimum Gasteiger partial charge on any atom is -0.461 e. The molecule has 12 nitrogen and oxygen atoms in total. The van der Waals surface area contributed by atoms with Gasteiger partial charge in [-0.1, -0.05) is 92.7 Å². The number of esters is 2. The van der Waals surface area contributed by atoms with Gasteiger partial charge < -0.3 is 23.4 Å². The average Bonchev–Trinajstić information content (AvgIpc) is 3.70. The van der Waals surface area contributed by atoms with Gasteiger partial charge in [-0.15, -0.1) is 0 Å². The van der Waals surface area contributed by atoms with Crippen LogP contribution in [0.3, 0.4) is 0 Å². The molecule has 368 valence electrons. The molecule has 1 aromatic carbocycles. The Balaban J connectivity index is 1.38. The number of fused-ring (bicyclic) bond motifs is 1. The van der Waals surface area contributed by atoms with E-state index in [2.05, 4.69) is 98.5 Å². The van der Waals surface area contributed by atoms with Crippen molar-refractivity contribution < 1.29 is 41.8 Å². The Hall–Kier alpha value is -3.19. The van der Waals surface area contributed by atoms with Crippen molar-refractivity contribution in [3.63, 3.8) is 0 Å². The highest BCUT2D eigenvalue weighted by molar-refractivity contribution is 6.74. The summed E-state index contributed by atoms with van der Waals surface area (Å²) in [5, 5.41) is 11.1. The third-order valence-corrected chi connectivity index (χ3v) is 27.9. The smallest absolute Gasteiger partial charge is 0.418 e. The van der Waals surface area contributed by atoms with Crippen LogP contribution in [0.5, 0.6) is 0 Å². The van der Waals surface area contributed by atoms with Gasteiger partial charge in [0.2, 0.25) is 0 Å². The van der Waals surface area contributed by atoms with E-state index in [0.717, 1.165) is 27.4 Å². The summed E-state index contributed by atoms with van der Waals surface area (Å²) < 4.78 is 61.7. The molecule has 2 aromatic rings. The van der Waals surface area contributed by atoms with E-state index in [1.165, 1.54) is 4.57 Å². The Bertz CT molecular complexity index is 2380. The molecular formula is C50H77F2N3O9Si2. The van der Waals surface area contributed by atoms with E-state index >= 15 is 18.4 Å². The zero-order valence-electron chi connectivity index (χ0n) is 42.3. The number of methoxy groups -OCH3 is 1. The van der Waals surface area contributed by atoms with Crippen LogP contribution in [0.25, 0.3) is 5.69 Å². The number of benzene rings is 1. The molecule has 6 aliphatic rings. The lowest BCUT2D eigenvalue weighted by Gasteiger charge is -2.73. The van der Waals surface area contributed by atoms with E-state index in [0.29, 0.717) is 37.8 Å². The second kappa shape index (κ2) is 15.9. The second-order valence-electron chi connectivity index (χ2n) is 24.7. The van der Waals surface area contributed by atoms with E-state index < -0.39 is 85.4 Å². The molecule has 3 saturated carbocycles. The van der Waals surface area contributed by atoms with Crippen LogP contribution in [0, 0.1) is 34.5 Å². The Morgan fingerprint density at radius 2 is 1.41 bits per heavy atom. The number of allylic oxidation sites excluding steroid dienone is 2. The predicted octanol–water partition coefficient (Wildman–Crippen LogP) is 9.32. The topological polar surface area (TPSA) is 140 Å². The molecule has 2 bridgehead atoms. The molecule has 3 heterocycles. The van der Waals surface area contributed by atoms with Gasteiger partial charge in [0.05, 0.1) is 36.1 Å². The van der Waals surface area contributed by atoms with Crippen LogP contribution in [-0.2, 0) is 39.0 Å². The molecule has 3 fully saturated rings. The number of ether oxygens (including phenoxy) is 2. The summed E-state index contributed by atoms with van der Waals surface area (Å²) in [7, 11) is -3.90. The maximum atomic E-state index is 16.2. The van der Waals surface area contributed by atoms with Crippen molar-refractivity contribution in [3.8, 4) is 5.69 Å². The number of hydrogen-bond donors (Lipinski definition) is 1. The molecule has 1 aromatic heterocycles. The van der Waals surface area contributed by atoms with Gasteiger partial charge in [-0.05, 0) is 130 Å². The molecule has 0 radical (unpaired) electrons. The number of carbonyl (C=O) groups excluding carboxylic acids is 2. The molecule has 66 heavy (non-hydrogen) atoms. The highest BCUT2D eigenvalue weighted by Gasteiger charge is 2.78. The molecule has 0 amide bonds. The minimum atomic E-state index is -3.93. The largest absolute Gasteiger partial charge is 0.461 e. The molecular weight excluding hydrogens is 881 g/mol. The number of aromatic nitrogens is 3. The van der Waals surface area contributed by atoms with Gasteiger partial charge in [-0.2, -0.15) is 8.78 Å². The highest BCUT2D eigenvalue weighted by atomic mass is 28.4. The Labute approximate surface area is 392 Å². The van der Waals surface area contributed by atoms with Gasteiger partial charge in [0.25, 0.3) is 0 Å². The van der Waals surface area contributed by atoms with Crippen LogP contribution in [0.15, 0.2) is 52.1 Å². The number of halogens is 2. The van der Waals surface area contributed by atoms with E-state index in [-0.39, 0.29) is 46.5 Å². The van der Waals surface area contributed by atoms with Crippen molar-refractivity contribution in [1.82, 2.24) is 13.9 Å². The number of hydrogen-bond acceptors (Lipinski definition) is 9. The number of para-hydroxylation sites is 1. The SMILES string of the molecule is COC(=O)C(=O)OC(C)(C)C(F)(F)C(O)C[C@@H](C)[C@H]1CC[C@@H]2[C@]1(C)CC[C@H]1[C@]23C=C[C@]2(C[C@@H](O[Si](C)(C)C(C)(C)C)C[C@H](O[Si](C)(C)C(C)(C)C)[C@]12C)n1c(=O)n(-c2ccccc2)c(=O)n13. The van der Waals surface area contributed by atoms with Crippen LogP contribution in [0.1, 0.15) is 121 Å². The van der Waals surface area contributed by atoms with Crippen molar-refractivity contribution >= 4 is 28.6 Å². The molecule has 8 rings (SSSR count). The van der Waals surface area contributed by atoms with Gasteiger partial charge in [0.15, 0.2) is 22.2 Å². The Morgan fingerprint density at radius 1 is 0.833 bits per heavy atom. The van der Waals surface area contributed by atoms with Crippen LogP contribution in [-0.4, -0.2) is 84.6 Å². The fourth-order valence-corrected chi connectivity index (χ4v) is 16.0. The number of carbonyl (C=O) groups is 2. The summed E-state index contributed by atoms with van der Waals surface area (Å²) >= 11 is 0. The fourth-order valence-electron chi connectivity index (χ4n) is 13.3. The second-order valence-corrected chi connectivity index (χ2v) is 34.2. The number of alkyl halides is 2. The van der Waals surface area contributed by atoms with Gasteiger partial charge >= 0.3 is 29.2 Å². The summed E-state index contributed by atoms with van der Waals surface area (Å²) in [4.78, 5) is 55.2. The molecule has 1 unspecified atom stereocenters. The maximum absolute atomic E-state index is 16.2. The fraction of sp³-hybridized carbons (Fsp3) is 0.760. The van der Waals surface area contributed by atoms with Crippen molar-refractivity contribution in [2.24, 2.45) is 34.5 Å². The Kier molecular flexibility index (Phi) is 12.2. The minimum absolute atomic E-state index is 0.0790. The quantitative estimate of drug-likeness (QED) is 0.101. The lowest BCUT2D eigenvalue weighted by molar-refractivity contribution is -0.240. The van der Waals surface area contributed by atoms with Crippen molar-refractivity contribution in [1.29, 1.82) is 0 Å². The number of aliphatic hydroxyl groups excluding tert-OH is 1. The lowest BCUT2D eigenvalue weighted by Crippen LogP contribution is -2.80. The molecule has 2 spiro atoms. The van der Waals surface area contributed by atoms with E-state index in [1.807, 2.05) is 34.5 Å². The monoisotopic (exact) mass is 958 g/mol. The maximum Gasteiger partial charge on any atom is 0.418 e. The summed E-state index contributed by atoms with van der Waals surface area (Å²) in [5.41, 5.74) is -6.02. The van der Waals surface area contributed by atoms with Crippen LogP contribution in [0.4, 0.5) is 8.78 Å². The van der Waals surface area contributed by atoms with Crippen molar-refractivity contribution in [3.05, 3.63) is 63.5 Å².